The third kappa shape index (κ3) is 57.1. The minimum Gasteiger partial charge on any atom is -0.462 e. The zero-order valence-electron chi connectivity index (χ0n) is 46.5. The molecule has 0 heterocycles. The van der Waals surface area contributed by atoms with Crippen molar-refractivity contribution < 1.29 is 28.6 Å². The lowest BCUT2D eigenvalue weighted by Crippen LogP contribution is -2.30. The molecule has 0 rings (SSSR count). The average molecular weight is 988 g/mol. The maximum atomic E-state index is 12.8. The van der Waals surface area contributed by atoms with E-state index in [2.05, 4.69) is 118 Å². The van der Waals surface area contributed by atoms with Crippen molar-refractivity contribution in [3.8, 4) is 0 Å². The highest BCUT2D eigenvalue weighted by molar-refractivity contribution is 5.71. The summed E-state index contributed by atoms with van der Waals surface area (Å²) < 4.78 is 16.8. The summed E-state index contributed by atoms with van der Waals surface area (Å²) in [5.74, 6) is -0.928. The molecule has 0 saturated heterocycles. The zero-order valence-corrected chi connectivity index (χ0v) is 46.5. The van der Waals surface area contributed by atoms with E-state index in [0.29, 0.717) is 19.3 Å². The van der Waals surface area contributed by atoms with E-state index < -0.39 is 6.10 Å². The Morgan fingerprint density at radius 2 is 0.549 bits per heavy atom. The van der Waals surface area contributed by atoms with Crippen molar-refractivity contribution in [1.29, 1.82) is 0 Å². The first-order chi connectivity index (χ1) is 35.0. The van der Waals surface area contributed by atoms with Gasteiger partial charge in [-0.05, 0) is 103 Å². The van der Waals surface area contributed by atoms with Crippen LogP contribution in [0.15, 0.2) is 97.2 Å². The van der Waals surface area contributed by atoms with Crippen LogP contribution in [0.1, 0.15) is 278 Å². The Bertz CT molecular complexity index is 1410. The summed E-state index contributed by atoms with van der Waals surface area (Å²) in [6, 6.07) is 0. The summed E-state index contributed by atoms with van der Waals surface area (Å²) in [4.78, 5) is 38.0. The van der Waals surface area contributed by atoms with Gasteiger partial charge >= 0.3 is 17.9 Å². The fourth-order valence-electron chi connectivity index (χ4n) is 8.12. The van der Waals surface area contributed by atoms with Gasteiger partial charge in [0.25, 0.3) is 0 Å². The van der Waals surface area contributed by atoms with Crippen molar-refractivity contribution >= 4 is 17.9 Å². The Balaban J connectivity index is 4.27. The Hall–Kier alpha value is -3.67. The molecule has 0 spiro atoms. The Kier molecular flexibility index (Phi) is 55.9. The van der Waals surface area contributed by atoms with Crippen LogP contribution in [0.25, 0.3) is 0 Å². The molecule has 406 valence electrons. The maximum absolute atomic E-state index is 12.8. The van der Waals surface area contributed by atoms with Gasteiger partial charge in [-0.2, -0.15) is 0 Å². The molecule has 0 aliphatic carbocycles. The van der Waals surface area contributed by atoms with Crippen LogP contribution in [0.2, 0.25) is 0 Å². The number of hydrogen-bond acceptors (Lipinski definition) is 6. The van der Waals surface area contributed by atoms with Crippen molar-refractivity contribution in [2.24, 2.45) is 0 Å². The molecule has 6 heteroatoms. The van der Waals surface area contributed by atoms with Crippen LogP contribution in [0, 0.1) is 0 Å². The predicted molar refractivity (Wildman–Crippen MR) is 307 cm³/mol. The number of ether oxygens (including phenoxy) is 3. The first kappa shape index (κ1) is 67.3. The minimum atomic E-state index is -0.791. The minimum absolute atomic E-state index is 0.0884. The quantitative estimate of drug-likeness (QED) is 0.0261. The second-order valence-electron chi connectivity index (χ2n) is 19.5. The summed E-state index contributed by atoms with van der Waals surface area (Å²) in [7, 11) is 0. The monoisotopic (exact) mass is 987 g/mol. The molecule has 0 radical (unpaired) electrons. The van der Waals surface area contributed by atoms with Crippen LogP contribution >= 0.6 is 0 Å². The van der Waals surface area contributed by atoms with Gasteiger partial charge in [0.05, 0.1) is 0 Å². The average Bonchev–Trinajstić information content (AvgIpc) is 3.37. The topological polar surface area (TPSA) is 78.9 Å². The van der Waals surface area contributed by atoms with E-state index in [1.807, 2.05) is 0 Å². The molecular weight excluding hydrogens is 877 g/mol. The van der Waals surface area contributed by atoms with Crippen LogP contribution in [0.4, 0.5) is 0 Å². The number of allylic oxidation sites excluding steroid dienone is 16. The number of unbranched alkanes of at least 4 members (excludes halogenated alkanes) is 26. The summed E-state index contributed by atoms with van der Waals surface area (Å²) in [6.45, 7) is 6.46. The normalized spacial score (nSPS) is 12.8. The first-order valence-electron chi connectivity index (χ1n) is 29.7. The molecule has 0 aliphatic rings. The second kappa shape index (κ2) is 58.9. The largest absolute Gasteiger partial charge is 0.462 e. The van der Waals surface area contributed by atoms with E-state index in [-0.39, 0.29) is 31.1 Å². The molecule has 0 aromatic carbocycles. The second-order valence-corrected chi connectivity index (χ2v) is 19.5. The summed E-state index contributed by atoms with van der Waals surface area (Å²) in [6.07, 6.45) is 78.5. The van der Waals surface area contributed by atoms with Crippen LogP contribution in [0.5, 0.6) is 0 Å². The molecule has 0 aliphatic heterocycles. The predicted octanol–water partition coefficient (Wildman–Crippen LogP) is 20.1. The Morgan fingerprint density at radius 1 is 0.296 bits per heavy atom. The number of rotatable bonds is 53. The summed E-state index contributed by atoms with van der Waals surface area (Å²) in [5.41, 5.74) is 0. The molecule has 0 saturated carbocycles. The van der Waals surface area contributed by atoms with Crippen molar-refractivity contribution in [2.45, 2.75) is 284 Å². The highest BCUT2D eigenvalue weighted by Crippen LogP contribution is 2.15. The molecule has 71 heavy (non-hydrogen) atoms. The molecule has 0 fully saturated rings. The van der Waals surface area contributed by atoms with Gasteiger partial charge in [0, 0.05) is 19.3 Å². The maximum Gasteiger partial charge on any atom is 0.306 e. The SMILES string of the molecule is CC/C=C\C/C=C\C/C=C\C/C=C\C/C=C\C/C=C\C/C=C\CCCCCC(=O)OCC(COC(=O)CCCCCCCCC)OC(=O)CCCCCCCCCCC/C=C\CCCCCCCCCC. The fourth-order valence-corrected chi connectivity index (χ4v) is 8.12. The first-order valence-corrected chi connectivity index (χ1v) is 29.7. The molecule has 0 bridgehead atoms. The van der Waals surface area contributed by atoms with E-state index in [4.69, 9.17) is 14.2 Å². The van der Waals surface area contributed by atoms with Crippen LogP contribution in [-0.4, -0.2) is 37.2 Å². The van der Waals surface area contributed by atoms with E-state index in [1.54, 1.807) is 0 Å². The number of esters is 3. The molecule has 0 N–H and O–H groups in total. The van der Waals surface area contributed by atoms with Crippen molar-refractivity contribution in [2.75, 3.05) is 13.2 Å². The zero-order chi connectivity index (χ0) is 51.4. The van der Waals surface area contributed by atoms with Crippen molar-refractivity contribution in [3.63, 3.8) is 0 Å². The number of carbonyl (C=O) groups excluding carboxylic acids is 3. The van der Waals surface area contributed by atoms with Gasteiger partial charge in [-0.25, -0.2) is 0 Å². The van der Waals surface area contributed by atoms with E-state index in [0.717, 1.165) is 109 Å². The Morgan fingerprint density at radius 3 is 0.887 bits per heavy atom. The molecule has 0 aromatic heterocycles. The molecule has 0 aromatic rings. The van der Waals surface area contributed by atoms with Gasteiger partial charge < -0.3 is 14.2 Å². The molecule has 0 amide bonds. The van der Waals surface area contributed by atoms with Crippen LogP contribution in [0.3, 0.4) is 0 Å². The van der Waals surface area contributed by atoms with Crippen molar-refractivity contribution in [3.05, 3.63) is 97.2 Å². The van der Waals surface area contributed by atoms with Gasteiger partial charge in [-0.3, -0.25) is 14.4 Å². The van der Waals surface area contributed by atoms with E-state index >= 15 is 0 Å². The standard InChI is InChI=1S/C65H110O6/c1-4-7-10-13-16-18-20-22-24-26-28-30-31-32-33-35-36-38-40-42-44-46-49-52-55-58-64(67)70-61-62(60-69-63(66)57-54-51-48-15-12-9-6-3)71-65(68)59-56-53-50-47-45-43-41-39-37-34-29-27-25-23-21-19-17-14-11-8-5-2/h7,10,16,18,22,24,27-30,32-33,36,38,42,44,62H,4-6,8-9,11-15,17,19-21,23,25-26,31,34-35,37,39-41,43,45-61H2,1-3H3/b10-7-,18-16-,24-22-,29-27-,30-28-,33-32-,38-36-,44-42-. The van der Waals surface area contributed by atoms with Gasteiger partial charge in [-0.1, -0.05) is 253 Å². The van der Waals surface area contributed by atoms with Gasteiger partial charge in [-0.15, -0.1) is 0 Å². The summed E-state index contributed by atoms with van der Waals surface area (Å²) in [5, 5.41) is 0. The molecular formula is C65H110O6. The fraction of sp³-hybridized carbons (Fsp3) is 0.708. The highest BCUT2D eigenvalue weighted by Gasteiger charge is 2.19. The lowest BCUT2D eigenvalue weighted by Gasteiger charge is -2.18. The van der Waals surface area contributed by atoms with Crippen molar-refractivity contribution in [1.82, 2.24) is 0 Å². The molecule has 1 unspecified atom stereocenters. The smallest absolute Gasteiger partial charge is 0.306 e. The number of carbonyl (C=O) groups is 3. The van der Waals surface area contributed by atoms with Crippen LogP contribution < -0.4 is 0 Å². The highest BCUT2D eigenvalue weighted by atomic mass is 16.6. The lowest BCUT2D eigenvalue weighted by atomic mass is 10.1. The van der Waals surface area contributed by atoms with Gasteiger partial charge in [0.15, 0.2) is 6.10 Å². The number of hydrogen-bond donors (Lipinski definition) is 0. The van der Waals surface area contributed by atoms with E-state index in [1.165, 1.54) is 128 Å². The van der Waals surface area contributed by atoms with E-state index in [9.17, 15) is 14.4 Å². The summed E-state index contributed by atoms with van der Waals surface area (Å²) >= 11 is 0. The van der Waals surface area contributed by atoms with Crippen LogP contribution in [-0.2, 0) is 28.6 Å². The molecule has 6 nitrogen and oxygen atoms in total. The third-order valence-electron chi connectivity index (χ3n) is 12.6. The third-order valence-corrected chi connectivity index (χ3v) is 12.6. The molecule has 1 atom stereocenters. The Labute approximate surface area is 438 Å². The van der Waals surface area contributed by atoms with Gasteiger partial charge in [0.2, 0.25) is 0 Å². The van der Waals surface area contributed by atoms with Gasteiger partial charge in [0.1, 0.15) is 13.2 Å². The lowest BCUT2D eigenvalue weighted by molar-refractivity contribution is -0.167.